The Kier molecular flexibility index (Phi) is 12.8. The molecule has 2 fully saturated rings. The number of rotatable bonds is 14. The number of carbonyl (C=O) groups excluding carboxylic acids is 1. The molecule has 0 aromatic heterocycles. The van der Waals surface area contributed by atoms with Gasteiger partial charge in [-0.05, 0) is 98.8 Å². The molecule has 3 aromatic rings. The van der Waals surface area contributed by atoms with Crippen LogP contribution in [0.1, 0.15) is 51.7 Å². The number of likely N-dealkylation sites (N-methyl/N-ethyl adjacent to an activating group) is 1. The minimum absolute atomic E-state index is 0.140. The zero-order valence-electron chi connectivity index (χ0n) is 32.6. The Morgan fingerprint density at radius 2 is 1.65 bits per heavy atom. The number of halogens is 4. The fraction of sp³-hybridized carbons (Fsp3) is 0.488. The Morgan fingerprint density at radius 3 is 2.25 bits per heavy atom. The van der Waals surface area contributed by atoms with Gasteiger partial charge in [0.05, 0.1) is 25.9 Å². The fourth-order valence-corrected chi connectivity index (χ4v) is 8.35. The Balaban J connectivity index is 1.43. The van der Waals surface area contributed by atoms with Crippen molar-refractivity contribution < 1.29 is 41.7 Å². The Labute approximate surface area is 321 Å². The van der Waals surface area contributed by atoms with Crippen LogP contribution in [0.4, 0.5) is 17.6 Å². The number of carboxylic acid groups (broad SMARTS) is 1. The molecule has 0 spiro atoms. The zero-order chi connectivity index (χ0) is 40.3. The second-order valence-electron chi connectivity index (χ2n) is 15.3. The number of fused-ring (bicyclic) bond motifs is 1. The Hall–Kier alpha value is -4.26. The second kappa shape index (κ2) is 16.9. The molecular formula is C43H53F4N3O5. The largest absolute Gasteiger partial charge is 0.496 e. The van der Waals surface area contributed by atoms with Crippen LogP contribution >= 0.6 is 0 Å². The maximum Gasteiger partial charge on any atom is 0.326 e. The molecule has 2 aliphatic heterocycles. The summed E-state index contributed by atoms with van der Waals surface area (Å²) in [6.45, 7) is 11.5. The van der Waals surface area contributed by atoms with Gasteiger partial charge in [-0.25, -0.2) is 22.4 Å². The summed E-state index contributed by atoms with van der Waals surface area (Å²) in [7, 11) is 2.85. The fourth-order valence-electron chi connectivity index (χ4n) is 8.35. The number of piperidine rings is 1. The molecular weight excluding hydrogens is 714 g/mol. The molecule has 12 heteroatoms. The number of methoxy groups -OCH3 is 1. The summed E-state index contributed by atoms with van der Waals surface area (Å²) in [5.41, 5.74) is 0.495. The first kappa shape index (κ1) is 41.9. The van der Waals surface area contributed by atoms with Crippen molar-refractivity contribution in [2.75, 3.05) is 46.9 Å². The van der Waals surface area contributed by atoms with Crippen molar-refractivity contribution >= 4 is 22.6 Å². The minimum Gasteiger partial charge on any atom is -0.496 e. The van der Waals surface area contributed by atoms with Crippen LogP contribution in [-0.2, 0) is 27.3 Å². The lowest BCUT2D eigenvalue weighted by molar-refractivity contribution is -0.177. The average Bonchev–Trinajstić information content (AvgIpc) is 3.12. The normalized spacial score (nSPS) is 20.4. The van der Waals surface area contributed by atoms with E-state index in [2.05, 4.69) is 31.4 Å². The van der Waals surface area contributed by atoms with Crippen molar-refractivity contribution in [1.82, 2.24) is 14.7 Å². The van der Waals surface area contributed by atoms with Crippen molar-refractivity contribution in [3.63, 3.8) is 0 Å². The van der Waals surface area contributed by atoms with Gasteiger partial charge in [0.2, 0.25) is 5.91 Å². The monoisotopic (exact) mass is 767 g/mol. The third-order valence-corrected chi connectivity index (χ3v) is 11.1. The molecule has 0 radical (unpaired) electrons. The molecule has 1 amide bonds. The van der Waals surface area contributed by atoms with Gasteiger partial charge in [-0.3, -0.25) is 14.6 Å². The molecule has 0 unspecified atom stereocenters. The van der Waals surface area contributed by atoms with Crippen molar-refractivity contribution in [2.24, 2.45) is 5.41 Å². The molecule has 2 saturated heterocycles. The second-order valence-corrected chi connectivity index (χ2v) is 15.3. The average molecular weight is 768 g/mol. The van der Waals surface area contributed by atoms with Gasteiger partial charge in [-0.15, -0.1) is 0 Å². The van der Waals surface area contributed by atoms with Crippen molar-refractivity contribution in [2.45, 2.75) is 83.6 Å². The Morgan fingerprint density at radius 1 is 1.02 bits per heavy atom. The van der Waals surface area contributed by atoms with E-state index in [-0.39, 0.29) is 31.7 Å². The van der Waals surface area contributed by atoms with E-state index in [0.29, 0.717) is 11.3 Å². The van der Waals surface area contributed by atoms with E-state index in [4.69, 9.17) is 9.47 Å². The zero-order valence-corrected chi connectivity index (χ0v) is 32.6. The highest BCUT2D eigenvalue weighted by Gasteiger charge is 2.61. The highest BCUT2D eigenvalue weighted by atomic mass is 19.3. The lowest BCUT2D eigenvalue weighted by atomic mass is 9.69. The molecule has 2 aliphatic rings. The predicted molar refractivity (Wildman–Crippen MR) is 207 cm³/mol. The van der Waals surface area contributed by atoms with E-state index in [1.54, 1.807) is 19.2 Å². The lowest BCUT2D eigenvalue weighted by Crippen LogP contribution is -2.61. The first-order valence-electron chi connectivity index (χ1n) is 18.8. The number of aliphatic carboxylic acids is 1. The van der Waals surface area contributed by atoms with Crippen LogP contribution in [0, 0.1) is 5.41 Å². The number of nitrogens with zero attached hydrogens (tertiary/aromatic N) is 3. The molecule has 298 valence electrons. The summed E-state index contributed by atoms with van der Waals surface area (Å²) < 4.78 is 72.8. The number of alkyl halides is 4. The standard InChI is InChI=1S/C43H53F4N3O5/c1-8-17-42(44,45)27-49-20-18-41(19-21-49,43(46,47)28(2)3)40(53)48(6)37(39(51)52)23-32-11-9-13-34-33(32)12-10-14-35(34)36-16-15-31(22-38(36)54-7)26-50-24-29(4)55-30(5)25-50/h8-17,22,29-30,37H,2,18-21,23-27H2,1,3-7H3,(H,51,52)/b17-8+/t29-,30+,37-/m0/s1. The van der Waals surface area contributed by atoms with Crippen LogP contribution in [0.3, 0.4) is 0 Å². The topological polar surface area (TPSA) is 82.5 Å². The number of allylic oxidation sites excluding steroid dienone is 2. The number of benzene rings is 3. The van der Waals surface area contributed by atoms with Crippen LogP contribution in [0.2, 0.25) is 0 Å². The van der Waals surface area contributed by atoms with Crippen LogP contribution in [0.5, 0.6) is 5.75 Å². The highest BCUT2D eigenvalue weighted by Crippen LogP contribution is 2.50. The minimum atomic E-state index is -3.72. The van der Waals surface area contributed by atoms with E-state index in [9.17, 15) is 23.5 Å². The Bertz CT molecular complexity index is 1900. The summed E-state index contributed by atoms with van der Waals surface area (Å²) in [5.74, 6) is -8.63. The summed E-state index contributed by atoms with van der Waals surface area (Å²) in [4.78, 5) is 31.8. The molecule has 8 nitrogen and oxygen atoms in total. The lowest BCUT2D eigenvalue weighted by Gasteiger charge is -2.47. The number of carboxylic acids is 1. The van der Waals surface area contributed by atoms with Gasteiger partial charge in [0.1, 0.15) is 17.2 Å². The molecule has 3 atom stereocenters. The van der Waals surface area contributed by atoms with Crippen molar-refractivity contribution in [3.05, 3.63) is 90.0 Å². The van der Waals surface area contributed by atoms with E-state index in [1.807, 2.05) is 36.4 Å². The predicted octanol–water partition coefficient (Wildman–Crippen LogP) is 8.08. The van der Waals surface area contributed by atoms with Crippen molar-refractivity contribution in [3.8, 4) is 16.9 Å². The number of amides is 1. The maximum atomic E-state index is 16.1. The number of ether oxygens (including phenoxy) is 2. The van der Waals surface area contributed by atoms with Gasteiger partial charge >= 0.3 is 5.97 Å². The summed E-state index contributed by atoms with van der Waals surface area (Å²) >= 11 is 0. The number of hydrogen-bond donors (Lipinski definition) is 1. The molecule has 2 heterocycles. The summed E-state index contributed by atoms with van der Waals surface area (Å²) in [6, 6.07) is 15.8. The van der Waals surface area contributed by atoms with Gasteiger partial charge in [0.25, 0.3) is 11.8 Å². The first-order valence-corrected chi connectivity index (χ1v) is 18.8. The number of morpholine rings is 1. The number of likely N-dealkylation sites (tertiary alicyclic amines) is 1. The highest BCUT2D eigenvalue weighted by molar-refractivity contribution is 6.00. The van der Waals surface area contributed by atoms with E-state index >= 15 is 8.78 Å². The molecule has 0 saturated carbocycles. The van der Waals surface area contributed by atoms with Gasteiger partial charge in [0, 0.05) is 38.7 Å². The van der Waals surface area contributed by atoms with Gasteiger partial charge < -0.3 is 19.5 Å². The maximum absolute atomic E-state index is 16.1. The van der Waals surface area contributed by atoms with Crippen LogP contribution in [0.25, 0.3) is 21.9 Å². The van der Waals surface area contributed by atoms with Gasteiger partial charge in [0.15, 0.2) is 0 Å². The van der Waals surface area contributed by atoms with E-state index in [0.717, 1.165) is 65.0 Å². The molecule has 1 N–H and O–H groups in total. The van der Waals surface area contributed by atoms with Gasteiger partial charge in [-0.1, -0.05) is 61.2 Å². The molecule has 5 rings (SSSR count). The molecule has 55 heavy (non-hydrogen) atoms. The number of hydrogen-bond acceptors (Lipinski definition) is 6. The third kappa shape index (κ3) is 8.92. The smallest absolute Gasteiger partial charge is 0.326 e. The van der Waals surface area contributed by atoms with Crippen LogP contribution in [0.15, 0.2) is 78.9 Å². The summed E-state index contributed by atoms with van der Waals surface area (Å²) in [5, 5.41) is 12.1. The quantitative estimate of drug-likeness (QED) is 0.131. The van der Waals surface area contributed by atoms with E-state index < -0.39 is 60.1 Å². The first-order chi connectivity index (χ1) is 25.9. The van der Waals surface area contributed by atoms with Crippen LogP contribution in [-0.4, -0.2) is 109 Å². The third-order valence-electron chi connectivity index (χ3n) is 11.1. The summed E-state index contributed by atoms with van der Waals surface area (Å²) in [6.07, 6.45) is 1.20. The van der Waals surface area contributed by atoms with E-state index in [1.165, 1.54) is 24.9 Å². The van der Waals surface area contributed by atoms with Crippen LogP contribution < -0.4 is 4.74 Å². The van der Waals surface area contributed by atoms with Gasteiger partial charge in [-0.2, -0.15) is 0 Å². The van der Waals surface area contributed by atoms with Crippen molar-refractivity contribution in [1.29, 1.82) is 0 Å². The molecule has 3 aromatic carbocycles. The molecule has 0 aliphatic carbocycles. The number of carbonyl (C=O) groups is 2. The molecule has 0 bridgehead atoms. The SMILES string of the molecule is C=C(C)C(F)(F)C1(C(=O)N(C)[C@@H](Cc2cccc3c(-c4ccc(CN5C[C@@H](C)O[C@@H](C)C5)cc4OC)cccc23)C(=O)O)CCN(CC(F)(F)/C=C/C)CC1.